The molecule has 8 nitrogen and oxygen atoms in total. The highest BCUT2D eigenvalue weighted by Gasteiger charge is 2.26. The molecule has 1 fully saturated rings. The Bertz CT molecular complexity index is 1250. The minimum absolute atomic E-state index is 0.0799. The van der Waals surface area contributed by atoms with Crippen LogP contribution in [-0.4, -0.2) is 69.6 Å². The van der Waals surface area contributed by atoms with Crippen molar-refractivity contribution in [1.29, 1.82) is 0 Å². The van der Waals surface area contributed by atoms with E-state index in [-0.39, 0.29) is 12.6 Å². The third kappa shape index (κ3) is 10.7. The first kappa shape index (κ1) is 35.2. The Labute approximate surface area is 278 Å². The third-order valence-electron chi connectivity index (χ3n) is 8.77. The molecule has 2 heterocycles. The number of carbonyl (C=O) groups is 2. The molecule has 2 atom stereocenters. The number of halogens is 2. The zero-order chi connectivity index (χ0) is 32.2. The molecule has 0 saturated carbocycles. The Hall–Kier alpha value is -2.68. The van der Waals surface area contributed by atoms with Crippen LogP contribution in [0.1, 0.15) is 71.3 Å². The van der Waals surface area contributed by atoms with Gasteiger partial charge in [-0.3, -0.25) is 14.6 Å². The lowest BCUT2D eigenvalue weighted by atomic mass is 9.92. The van der Waals surface area contributed by atoms with Crippen LogP contribution in [0.5, 0.6) is 5.75 Å². The highest BCUT2D eigenvalue weighted by Crippen LogP contribution is 2.33. The molecule has 1 amide bonds. The lowest BCUT2D eigenvalue weighted by Crippen LogP contribution is -2.46. The lowest BCUT2D eigenvalue weighted by molar-refractivity contribution is -0.119. The second kappa shape index (κ2) is 17.9. The van der Waals surface area contributed by atoms with E-state index < -0.39 is 6.16 Å². The van der Waals surface area contributed by atoms with Crippen LogP contribution in [-0.2, 0) is 20.7 Å². The molecule has 10 heteroatoms. The average molecular weight is 663 g/mol. The summed E-state index contributed by atoms with van der Waals surface area (Å²) in [4.78, 5) is 31.3. The van der Waals surface area contributed by atoms with Gasteiger partial charge >= 0.3 is 6.16 Å². The van der Waals surface area contributed by atoms with Crippen LogP contribution in [0.4, 0.5) is 16.2 Å². The molecule has 2 unspecified atom stereocenters. The van der Waals surface area contributed by atoms with E-state index in [0.29, 0.717) is 53.7 Å². The van der Waals surface area contributed by atoms with E-state index in [4.69, 9.17) is 37.4 Å². The molecule has 2 aliphatic heterocycles. The number of rotatable bonds is 16. The number of nitrogens with zero attached hydrogens (tertiary/aromatic N) is 3. The first-order chi connectivity index (χ1) is 21.7. The number of carbonyl (C=O) groups excluding carboxylic acids is 2. The van der Waals surface area contributed by atoms with Gasteiger partial charge in [0.25, 0.3) is 0 Å². The number of unbranched alkanes of at least 4 members (excludes halogenated alkanes) is 1. The maximum Gasteiger partial charge on any atom is 0.510 e. The molecular formula is C35H49Cl2N3O5. The van der Waals surface area contributed by atoms with Gasteiger partial charge < -0.3 is 19.1 Å². The molecular weight excluding hydrogens is 613 g/mol. The molecule has 45 heavy (non-hydrogen) atoms. The summed E-state index contributed by atoms with van der Waals surface area (Å²) in [6.07, 6.45) is 6.55. The molecule has 0 aromatic heterocycles. The number of hydrogen-bond acceptors (Lipinski definition) is 7. The molecule has 0 bridgehead atoms. The van der Waals surface area contributed by atoms with Gasteiger partial charge in [0.2, 0.25) is 5.91 Å². The van der Waals surface area contributed by atoms with Gasteiger partial charge in [-0.25, -0.2) is 4.79 Å². The van der Waals surface area contributed by atoms with Crippen LogP contribution in [0.25, 0.3) is 0 Å². The third-order valence-corrected chi connectivity index (χ3v) is 9.58. The first-order valence-electron chi connectivity index (χ1n) is 16.5. The van der Waals surface area contributed by atoms with Crippen LogP contribution in [0, 0.1) is 11.8 Å². The molecule has 4 rings (SSSR count). The van der Waals surface area contributed by atoms with Gasteiger partial charge in [0, 0.05) is 38.7 Å². The highest BCUT2D eigenvalue weighted by molar-refractivity contribution is 6.43. The van der Waals surface area contributed by atoms with Gasteiger partial charge in [0.05, 0.1) is 34.6 Å². The lowest BCUT2D eigenvalue weighted by Gasteiger charge is -2.36. The highest BCUT2D eigenvalue weighted by atomic mass is 35.5. The SMILES string of the molecule is CCCC(C)CC(C)CCOC(=O)OCN1C(=O)CCc2ccc(OCCCCN3CCN(c4cccc(Cl)c4Cl)CC3)cc21. The van der Waals surface area contributed by atoms with Gasteiger partial charge in [-0.05, 0) is 74.2 Å². The fourth-order valence-electron chi connectivity index (χ4n) is 6.24. The predicted octanol–water partition coefficient (Wildman–Crippen LogP) is 8.22. The van der Waals surface area contributed by atoms with Crippen LogP contribution >= 0.6 is 23.2 Å². The Balaban J connectivity index is 1.16. The molecule has 2 aromatic rings. The molecule has 0 N–H and O–H groups in total. The molecule has 2 aliphatic rings. The number of hydrogen-bond donors (Lipinski definition) is 0. The van der Waals surface area contributed by atoms with Crippen molar-refractivity contribution in [2.24, 2.45) is 11.8 Å². The van der Waals surface area contributed by atoms with E-state index >= 15 is 0 Å². The van der Waals surface area contributed by atoms with E-state index in [1.54, 1.807) is 0 Å². The Morgan fingerprint density at radius 2 is 1.69 bits per heavy atom. The Morgan fingerprint density at radius 3 is 2.47 bits per heavy atom. The number of aryl methyl sites for hydroxylation is 1. The van der Waals surface area contributed by atoms with Crippen molar-refractivity contribution < 1.29 is 23.8 Å². The van der Waals surface area contributed by atoms with Crippen LogP contribution in [0.15, 0.2) is 36.4 Å². The molecule has 248 valence electrons. The Kier molecular flexibility index (Phi) is 14.0. The first-order valence-corrected chi connectivity index (χ1v) is 17.3. The van der Waals surface area contributed by atoms with Crippen LogP contribution in [0.3, 0.4) is 0 Å². The topological polar surface area (TPSA) is 71.5 Å². The summed E-state index contributed by atoms with van der Waals surface area (Å²) in [6.45, 7) is 12.2. The Morgan fingerprint density at radius 1 is 0.911 bits per heavy atom. The van der Waals surface area contributed by atoms with Crippen molar-refractivity contribution in [2.75, 3.05) is 62.5 Å². The normalized spacial score (nSPS) is 16.7. The second-order valence-electron chi connectivity index (χ2n) is 12.5. The number of ether oxygens (including phenoxy) is 3. The maximum atomic E-state index is 12.8. The number of piperazine rings is 1. The summed E-state index contributed by atoms with van der Waals surface area (Å²) in [5.74, 6) is 1.77. The summed E-state index contributed by atoms with van der Waals surface area (Å²) < 4.78 is 16.7. The van der Waals surface area contributed by atoms with E-state index in [1.165, 1.54) is 17.7 Å². The standard InChI is InChI=1S/C35H49Cl2N3O5/c1-4-8-26(2)23-27(3)15-22-44-35(42)45-25-40-32-24-29(13-11-28(32)12-14-33(40)41)43-21-6-5-16-38-17-19-39(20-18-38)31-10-7-9-30(36)34(31)37/h7,9-11,13,24,26-27H,4-6,8,12,14-23,25H2,1-3H3. The largest absolute Gasteiger partial charge is 0.510 e. The van der Waals surface area contributed by atoms with Gasteiger partial charge in [-0.1, -0.05) is 68.9 Å². The van der Waals surface area contributed by atoms with Gasteiger partial charge in [-0.2, -0.15) is 0 Å². The smallest absolute Gasteiger partial charge is 0.494 e. The van der Waals surface area contributed by atoms with E-state index in [2.05, 4.69) is 30.6 Å². The quantitative estimate of drug-likeness (QED) is 0.133. The number of amides is 1. The van der Waals surface area contributed by atoms with Crippen molar-refractivity contribution in [2.45, 2.75) is 72.1 Å². The van der Waals surface area contributed by atoms with Crippen molar-refractivity contribution in [1.82, 2.24) is 4.90 Å². The number of anilines is 2. The van der Waals surface area contributed by atoms with Crippen molar-refractivity contribution >= 4 is 46.6 Å². The van der Waals surface area contributed by atoms with Crippen molar-refractivity contribution in [3.05, 3.63) is 52.0 Å². The molecule has 1 saturated heterocycles. The van der Waals surface area contributed by atoms with E-state index in [0.717, 1.165) is 75.3 Å². The molecule has 0 spiro atoms. The van der Waals surface area contributed by atoms with E-state index in [9.17, 15) is 9.59 Å². The second-order valence-corrected chi connectivity index (χ2v) is 13.2. The predicted molar refractivity (Wildman–Crippen MR) is 182 cm³/mol. The molecule has 2 aromatic carbocycles. The summed E-state index contributed by atoms with van der Waals surface area (Å²) >= 11 is 12.6. The summed E-state index contributed by atoms with van der Waals surface area (Å²) in [5.41, 5.74) is 2.77. The maximum absolute atomic E-state index is 12.8. The number of benzene rings is 2. The summed E-state index contributed by atoms with van der Waals surface area (Å²) in [6, 6.07) is 11.6. The van der Waals surface area contributed by atoms with Gasteiger partial charge in [0.15, 0.2) is 6.73 Å². The molecule has 0 aliphatic carbocycles. The number of fused-ring (bicyclic) bond motifs is 1. The van der Waals surface area contributed by atoms with Crippen molar-refractivity contribution in [3.63, 3.8) is 0 Å². The summed E-state index contributed by atoms with van der Waals surface area (Å²) in [5, 5.41) is 1.21. The monoisotopic (exact) mass is 661 g/mol. The van der Waals surface area contributed by atoms with Gasteiger partial charge in [0.1, 0.15) is 5.75 Å². The van der Waals surface area contributed by atoms with Crippen LogP contribution in [0.2, 0.25) is 10.0 Å². The summed E-state index contributed by atoms with van der Waals surface area (Å²) in [7, 11) is 0. The zero-order valence-corrected chi connectivity index (χ0v) is 28.6. The average Bonchev–Trinajstić information content (AvgIpc) is 3.02. The minimum Gasteiger partial charge on any atom is -0.494 e. The van der Waals surface area contributed by atoms with E-state index in [1.807, 2.05) is 36.4 Å². The minimum atomic E-state index is -0.745. The fraction of sp³-hybridized carbons (Fsp3) is 0.600. The fourth-order valence-corrected chi connectivity index (χ4v) is 6.66. The molecule has 0 radical (unpaired) electrons. The van der Waals surface area contributed by atoms with Crippen molar-refractivity contribution in [3.8, 4) is 5.75 Å². The zero-order valence-electron chi connectivity index (χ0n) is 27.1. The van der Waals surface area contributed by atoms with Gasteiger partial charge in [-0.15, -0.1) is 0 Å². The van der Waals surface area contributed by atoms with Crippen LogP contribution < -0.4 is 14.5 Å².